The van der Waals surface area contributed by atoms with Crippen LogP contribution in [0.1, 0.15) is 0 Å². The Morgan fingerprint density at radius 1 is 0.731 bits per heavy atom. The van der Waals surface area contributed by atoms with Gasteiger partial charge in [0.05, 0.1) is 23.8 Å². The molecule has 6 nitrogen and oxygen atoms in total. The van der Waals surface area contributed by atoms with Crippen molar-refractivity contribution >= 4 is 58.5 Å². The fourth-order valence-electron chi connectivity index (χ4n) is 1.86. The van der Waals surface area contributed by atoms with E-state index in [9.17, 15) is 8.78 Å². The molecular weight excluding hydrogens is 378 g/mol. The maximum absolute atomic E-state index is 13.0. The number of rotatable bonds is 5. The van der Waals surface area contributed by atoms with Crippen LogP contribution in [0.3, 0.4) is 0 Å². The zero-order valence-corrected chi connectivity index (χ0v) is 14.9. The van der Waals surface area contributed by atoms with Crippen LogP contribution in [0.2, 0.25) is 0 Å². The Morgan fingerprint density at radius 3 is 1.31 bits per heavy atom. The van der Waals surface area contributed by atoms with E-state index < -0.39 is 11.6 Å². The first kappa shape index (κ1) is 19.3. The van der Waals surface area contributed by atoms with Crippen LogP contribution < -0.4 is 21.5 Å². The molecule has 0 bridgehead atoms. The standard InChI is InChI=1S/C16H14F2N6S2/c17-11-1-5-13(6-2-11)23(15(19)25)21-9-10-22-24(16(20)26)14-7-3-12(18)4-8-14/h1-10H,(H2,19,25)(H2,20,26). The summed E-state index contributed by atoms with van der Waals surface area (Å²) in [5.74, 6) is -0.790. The van der Waals surface area contributed by atoms with Crippen LogP contribution in [-0.2, 0) is 0 Å². The van der Waals surface area contributed by atoms with Crippen molar-refractivity contribution in [2.75, 3.05) is 10.0 Å². The quantitative estimate of drug-likeness (QED) is 0.463. The largest absolute Gasteiger partial charge is 0.374 e. The summed E-state index contributed by atoms with van der Waals surface area (Å²) in [7, 11) is 0. The number of thiocarbonyl (C=S) groups is 2. The molecule has 4 N–H and O–H groups in total. The molecule has 0 amide bonds. The molecular formula is C16H14F2N6S2. The molecule has 0 aromatic heterocycles. The van der Waals surface area contributed by atoms with Crippen LogP contribution in [0.15, 0.2) is 58.7 Å². The average Bonchev–Trinajstić information content (AvgIpc) is 2.60. The molecule has 0 aliphatic rings. The van der Waals surface area contributed by atoms with Crippen LogP contribution in [-0.4, -0.2) is 22.7 Å². The monoisotopic (exact) mass is 392 g/mol. The maximum Gasteiger partial charge on any atom is 0.191 e. The minimum Gasteiger partial charge on any atom is -0.374 e. The lowest BCUT2D eigenvalue weighted by atomic mass is 10.3. The molecule has 0 unspecified atom stereocenters. The summed E-state index contributed by atoms with van der Waals surface area (Å²) in [5.41, 5.74) is 12.2. The van der Waals surface area contributed by atoms with Gasteiger partial charge in [-0.2, -0.15) is 10.2 Å². The van der Waals surface area contributed by atoms with Gasteiger partial charge in [0.25, 0.3) is 0 Å². The maximum atomic E-state index is 13.0. The highest BCUT2D eigenvalue weighted by Crippen LogP contribution is 2.16. The van der Waals surface area contributed by atoms with Crippen molar-refractivity contribution in [1.82, 2.24) is 0 Å². The van der Waals surface area contributed by atoms with Gasteiger partial charge >= 0.3 is 0 Å². The van der Waals surface area contributed by atoms with Gasteiger partial charge in [-0.25, -0.2) is 18.8 Å². The lowest BCUT2D eigenvalue weighted by Crippen LogP contribution is -2.32. The molecule has 0 saturated carbocycles. The van der Waals surface area contributed by atoms with Gasteiger partial charge in [-0.1, -0.05) is 0 Å². The van der Waals surface area contributed by atoms with Gasteiger partial charge in [-0.05, 0) is 73.0 Å². The predicted molar refractivity (Wildman–Crippen MR) is 108 cm³/mol. The van der Waals surface area contributed by atoms with Gasteiger partial charge in [0.1, 0.15) is 11.6 Å². The molecule has 10 heteroatoms. The van der Waals surface area contributed by atoms with E-state index in [0.717, 1.165) is 0 Å². The van der Waals surface area contributed by atoms with Gasteiger partial charge < -0.3 is 11.5 Å². The number of halogens is 2. The van der Waals surface area contributed by atoms with Gasteiger partial charge in [-0.15, -0.1) is 0 Å². The van der Waals surface area contributed by atoms with Crippen LogP contribution in [0.4, 0.5) is 20.2 Å². The lowest BCUT2D eigenvalue weighted by Gasteiger charge is -2.17. The van der Waals surface area contributed by atoms with Crippen LogP contribution in [0, 0.1) is 11.6 Å². The smallest absolute Gasteiger partial charge is 0.191 e. The second-order valence-electron chi connectivity index (χ2n) is 4.78. The summed E-state index contributed by atoms with van der Waals surface area (Å²) in [6, 6.07) is 10.9. The Bertz CT molecular complexity index is 765. The van der Waals surface area contributed by atoms with Crippen molar-refractivity contribution in [2.24, 2.45) is 21.7 Å². The van der Waals surface area contributed by atoms with E-state index in [2.05, 4.69) is 10.2 Å². The van der Waals surface area contributed by atoms with Crippen molar-refractivity contribution in [1.29, 1.82) is 0 Å². The van der Waals surface area contributed by atoms with Gasteiger partial charge in [0, 0.05) is 0 Å². The number of hydrogen-bond acceptors (Lipinski definition) is 4. The third-order valence-corrected chi connectivity index (χ3v) is 3.34. The molecule has 0 spiro atoms. The van der Waals surface area contributed by atoms with Crippen LogP contribution >= 0.6 is 24.4 Å². The summed E-state index contributed by atoms with van der Waals surface area (Å²) in [4.78, 5) is 0. The third kappa shape index (κ3) is 5.26. The topological polar surface area (TPSA) is 83.2 Å². The fraction of sp³-hybridized carbons (Fsp3) is 0. The first-order valence-corrected chi connectivity index (χ1v) is 7.97. The first-order chi connectivity index (χ1) is 12.4. The summed E-state index contributed by atoms with van der Waals surface area (Å²) in [6.07, 6.45) is 2.61. The van der Waals surface area contributed by atoms with Crippen molar-refractivity contribution in [3.63, 3.8) is 0 Å². The average molecular weight is 392 g/mol. The van der Waals surface area contributed by atoms with Gasteiger partial charge in [-0.3, -0.25) is 0 Å². The SMILES string of the molecule is NC(=S)N(N=CC=NN(C(N)=S)c1ccc(F)cc1)c1ccc(F)cc1. The fourth-order valence-corrected chi connectivity index (χ4v) is 2.16. The number of hydrazone groups is 2. The van der Waals surface area contributed by atoms with E-state index in [1.807, 2.05) is 0 Å². The minimum atomic E-state index is -0.395. The zero-order chi connectivity index (χ0) is 19.1. The Kier molecular flexibility index (Phi) is 6.64. The summed E-state index contributed by atoms with van der Waals surface area (Å²) in [6.45, 7) is 0. The normalized spacial score (nSPS) is 11.0. The highest BCUT2D eigenvalue weighted by Gasteiger charge is 2.08. The molecule has 26 heavy (non-hydrogen) atoms. The molecule has 2 rings (SSSR count). The third-order valence-electron chi connectivity index (χ3n) is 2.99. The van der Waals surface area contributed by atoms with Crippen molar-refractivity contribution in [3.8, 4) is 0 Å². The molecule has 0 saturated heterocycles. The number of benzene rings is 2. The molecule has 2 aromatic carbocycles. The summed E-state index contributed by atoms with van der Waals surface area (Å²) >= 11 is 9.86. The molecule has 0 atom stereocenters. The number of anilines is 2. The first-order valence-electron chi connectivity index (χ1n) is 7.15. The molecule has 134 valence electrons. The van der Waals surface area contributed by atoms with E-state index in [1.54, 1.807) is 0 Å². The Morgan fingerprint density at radius 2 is 1.04 bits per heavy atom. The van der Waals surface area contributed by atoms with E-state index in [4.69, 9.17) is 35.9 Å². The predicted octanol–water partition coefficient (Wildman–Crippen LogP) is 2.74. The highest BCUT2D eigenvalue weighted by molar-refractivity contribution is 7.80. The molecule has 2 aromatic rings. The van der Waals surface area contributed by atoms with Crippen molar-refractivity contribution < 1.29 is 8.78 Å². The van der Waals surface area contributed by atoms with Crippen molar-refractivity contribution in [3.05, 3.63) is 60.2 Å². The molecule has 0 aliphatic carbocycles. The van der Waals surface area contributed by atoms with Crippen LogP contribution in [0.25, 0.3) is 0 Å². The van der Waals surface area contributed by atoms with Crippen molar-refractivity contribution in [2.45, 2.75) is 0 Å². The highest BCUT2D eigenvalue weighted by atomic mass is 32.1. The number of nitrogens with zero attached hydrogens (tertiary/aromatic N) is 4. The van der Waals surface area contributed by atoms with Gasteiger partial charge in [0.2, 0.25) is 0 Å². The Labute approximate surface area is 159 Å². The summed E-state index contributed by atoms with van der Waals surface area (Å²) in [5, 5.41) is 10.5. The molecule has 0 fully saturated rings. The second kappa shape index (κ2) is 8.92. The molecule has 0 aliphatic heterocycles. The van der Waals surface area contributed by atoms with Crippen LogP contribution in [0.5, 0.6) is 0 Å². The van der Waals surface area contributed by atoms with E-state index in [0.29, 0.717) is 11.4 Å². The summed E-state index contributed by atoms with van der Waals surface area (Å²) < 4.78 is 26.0. The van der Waals surface area contributed by atoms with E-state index in [1.165, 1.54) is 71.0 Å². The molecule has 0 radical (unpaired) electrons. The Hall–Kier alpha value is -2.98. The Balaban J connectivity index is 2.16. The zero-order valence-electron chi connectivity index (χ0n) is 13.3. The van der Waals surface area contributed by atoms with E-state index in [-0.39, 0.29) is 10.2 Å². The number of nitrogens with two attached hydrogens (primary N) is 2. The van der Waals surface area contributed by atoms with E-state index >= 15 is 0 Å². The second-order valence-corrected chi connectivity index (χ2v) is 5.62. The molecule has 0 heterocycles. The van der Waals surface area contributed by atoms with Gasteiger partial charge in [0.15, 0.2) is 10.2 Å². The minimum absolute atomic E-state index is 0.0361. The number of hydrogen-bond donors (Lipinski definition) is 2. The lowest BCUT2D eigenvalue weighted by molar-refractivity contribution is 0.627.